The van der Waals surface area contributed by atoms with Gasteiger partial charge in [0.15, 0.2) is 0 Å². The van der Waals surface area contributed by atoms with Gasteiger partial charge in [0.2, 0.25) is 5.56 Å². The largest absolute Gasteiger partial charge is 0.346 e. The highest BCUT2D eigenvalue weighted by Gasteiger charge is 2.21. The van der Waals surface area contributed by atoms with Crippen LogP contribution in [0.2, 0.25) is 0 Å². The molecule has 20 heavy (non-hydrogen) atoms. The number of nitrogens with one attached hydrogen (secondary N) is 2. The number of amides is 1. The molecule has 0 saturated heterocycles. The molecule has 106 valence electrons. The first-order chi connectivity index (χ1) is 9.34. The van der Waals surface area contributed by atoms with Crippen molar-refractivity contribution in [3.63, 3.8) is 0 Å². The van der Waals surface area contributed by atoms with E-state index in [1.54, 1.807) is 6.07 Å². The van der Waals surface area contributed by atoms with Crippen LogP contribution < -0.4 is 16.6 Å². The SMILES string of the molecule is CC(C)(CN)NC(=O)c1cc(=O)[nH]c2c(Br)cccc12. The molecule has 2 rings (SSSR count). The highest BCUT2D eigenvalue weighted by molar-refractivity contribution is 9.10. The van der Waals surface area contributed by atoms with Gasteiger partial charge in [0, 0.05) is 28.0 Å². The summed E-state index contributed by atoms with van der Waals surface area (Å²) < 4.78 is 0.736. The number of hydrogen-bond donors (Lipinski definition) is 3. The third-order valence-electron chi connectivity index (χ3n) is 3.03. The van der Waals surface area contributed by atoms with E-state index < -0.39 is 5.54 Å². The minimum atomic E-state index is -0.530. The number of benzene rings is 1. The fourth-order valence-electron chi connectivity index (χ4n) is 1.86. The molecule has 1 aromatic heterocycles. The first-order valence-electron chi connectivity index (χ1n) is 6.18. The Bertz CT molecular complexity index is 722. The van der Waals surface area contributed by atoms with Crippen LogP contribution in [0.4, 0.5) is 0 Å². The maximum atomic E-state index is 12.4. The Balaban J connectivity index is 2.57. The Hall–Kier alpha value is -1.66. The average Bonchev–Trinajstić information content (AvgIpc) is 2.38. The highest BCUT2D eigenvalue weighted by Crippen LogP contribution is 2.23. The molecule has 0 aliphatic rings. The Morgan fingerprint density at radius 3 is 2.80 bits per heavy atom. The molecule has 6 heteroatoms. The molecule has 1 aromatic carbocycles. The van der Waals surface area contributed by atoms with Gasteiger partial charge in [-0.15, -0.1) is 0 Å². The van der Waals surface area contributed by atoms with E-state index >= 15 is 0 Å². The van der Waals surface area contributed by atoms with Crippen molar-refractivity contribution in [3.8, 4) is 0 Å². The number of carbonyl (C=O) groups is 1. The van der Waals surface area contributed by atoms with Crippen LogP contribution in [0.25, 0.3) is 10.9 Å². The summed E-state index contributed by atoms with van der Waals surface area (Å²) in [6.45, 7) is 3.97. The molecule has 0 saturated carbocycles. The number of H-pyrrole nitrogens is 1. The molecule has 0 fully saturated rings. The summed E-state index contributed by atoms with van der Waals surface area (Å²) in [5, 5.41) is 3.51. The molecule has 0 aliphatic carbocycles. The molecule has 4 N–H and O–H groups in total. The lowest BCUT2D eigenvalue weighted by Crippen LogP contribution is -2.49. The van der Waals surface area contributed by atoms with E-state index in [0.29, 0.717) is 23.0 Å². The van der Waals surface area contributed by atoms with Crippen molar-refractivity contribution >= 4 is 32.7 Å². The standard InChI is InChI=1S/C14H16BrN3O2/c1-14(2,7-16)18-13(20)9-6-11(19)17-12-8(9)4-3-5-10(12)15/h3-6H,7,16H2,1-2H3,(H,17,19)(H,18,20). The van der Waals surface area contributed by atoms with Gasteiger partial charge in [-0.3, -0.25) is 9.59 Å². The number of aromatic amines is 1. The van der Waals surface area contributed by atoms with Crippen LogP contribution in [0, 0.1) is 0 Å². The predicted octanol–water partition coefficient (Wildman–Crippen LogP) is 1.76. The molecule has 0 spiro atoms. The number of pyridine rings is 1. The number of aromatic nitrogens is 1. The van der Waals surface area contributed by atoms with Crippen LogP contribution in [0.1, 0.15) is 24.2 Å². The van der Waals surface area contributed by atoms with Crippen LogP contribution in [-0.4, -0.2) is 23.0 Å². The molecular weight excluding hydrogens is 322 g/mol. The molecule has 0 aliphatic heterocycles. The van der Waals surface area contributed by atoms with E-state index in [-0.39, 0.29) is 11.5 Å². The number of halogens is 1. The molecule has 0 radical (unpaired) electrons. The summed E-state index contributed by atoms with van der Waals surface area (Å²) in [5.74, 6) is -0.311. The second kappa shape index (κ2) is 5.38. The Morgan fingerprint density at radius 2 is 2.15 bits per heavy atom. The number of rotatable bonds is 3. The minimum absolute atomic E-state index is 0.309. The molecule has 1 amide bonds. The molecule has 1 heterocycles. The predicted molar refractivity (Wildman–Crippen MR) is 82.9 cm³/mol. The van der Waals surface area contributed by atoms with Crippen LogP contribution in [-0.2, 0) is 0 Å². The zero-order valence-corrected chi connectivity index (χ0v) is 12.9. The van der Waals surface area contributed by atoms with Gasteiger partial charge in [-0.05, 0) is 35.8 Å². The van der Waals surface area contributed by atoms with Crippen molar-refractivity contribution in [3.05, 3.63) is 44.7 Å². The van der Waals surface area contributed by atoms with Gasteiger partial charge in [-0.2, -0.15) is 0 Å². The molecule has 2 aromatic rings. The molecule has 0 atom stereocenters. The van der Waals surface area contributed by atoms with Crippen molar-refractivity contribution in [1.29, 1.82) is 0 Å². The van der Waals surface area contributed by atoms with Crippen molar-refractivity contribution in [2.24, 2.45) is 5.73 Å². The maximum Gasteiger partial charge on any atom is 0.252 e. The number of carbonyl (C=O) groups excluding carboxylic acids is 1. The van der Waals surface area contributed by atoms with E-state index in [0.717, 1.165) is 4.47 Å². The summed E-state index contributed by atoms with van der Waals surface area (Å²) in [5.41, 5.74) is 5.71. The third-order valence-corrected chi connectivity index (χ3v) is 3.70. The van der Waals surface area contributed by atoms with Crippen LogP contribution in [0.3, 0.4) is 0 Å². The lowest BCUT2D eigenvalue weighted by Gasteiger charge is -2.24. The van der Waals surface area contributed by atoms with Crippen molar-refractivity contribution in [1.82, 2.24) is 10.3 Å². The van der Waals surface area contributed by atoms with Crippen molar-refractivity contribution < 1.29 is 4.79 Å². The molecule has 0 unspecified atom stereocenters. The summed E-state index contributed by atoms with van der Waals surface area (Å²) in [7, 11) is 0. The molecular formula is C14H16BrN3O2. The third kappa shape index (κ3) is 2.91. The normalized spacial score (nSPS) is 11.6. The quantitative estimate of drug-likeness (QED) is 0.797. The number of fused-ring (bicyclic) bond motifs is 1. The van der Waals surface area contributed by atoms with Gasteiger partial charge in [-0.1, -0.05) is 12.1 Å². The smallest absolute Gasteiger partial charge is 0.252 e. The van der Waals surface area contributed by atoms with E-state index in [2.05, 4.69) is 26.2 Å². The average molecular weight is 338 g/mol. The Kier molecular flexibility index (Phi) is 3.96. The van der Waals surface area contributed by atoms with E-state index in [1.807, 2.05) is 26.0 Å². The van der Waals surface area contributed by atoms with E-state index in [9.17, 15) is 9.59 Å². The zero-order chi connectivity index (χ0) is 14.9. The van der Waals surface area contributed by atoms with Crippen LogP contribution >= 0.6 is 15.9 Å². The van der Waals surface area contributed by atoms with Crippen molar-refractivity contribution in [2.75, 3.05) is 6.54 Å². The Labute approximate surface area is 124 Å². The number of hydrogen-bond acceptors (Lipinski definition) is 3. The molecule has 5 nitrogen and oxygen atoms in total. The monoisotopic (exact) mass is 337 g/mol. The maximum absolute atomic E-state index is 12.4. The lowest BCUT2D eigenvalue weighted by atomic mass is 10.0. The number of para-hydroxylation sites is 1. The fourth-order valence-corrected chi connectivity index (χ4v) is 2.32. The minimum Gasteiger partial charge on any atom is -0.346 e. The second-order valence-corrected chi connectivity index (χ2v) is 6.11. The second-order valence-electron chi connectivity index (χ2n) is 5.25. The highest BCUT2D eigenvalue weighted by atomic mass is 79.9. The van der Waals surface area contributed by atoms with Crippen LogP contribution in [0.5, 0.6) is 0 Å². The summed E-state index contributed by atoms with van der Waals surface area (Å²) in [4.78, 5) is 26.8. The topological polar surface area (TPSA) is 88.0 Å². The van der Waals surface area contributed by atoms with Gasteiger partial charge >= 0.3 is 0 Å². The Morgan fingerprint density at radius 1 is 1.45 bits per heavy atom. The first kappa shape index (κ1) is 14.7. The van der Waals surface area contributed by atoms with Crippen molar-refractivity contribution in [2.45, 2.75) is 19.4 Å². The summed E-state index contributed by atoms with van der Waals surface area (Å²) in [6, 6.07) is 6.72. The van der Waals surface area contributed by atoms with Crippen LogP contribution in [0.15, 0.2) is 33.5 Å². The number of nitrogens with two attached hydrogens (primary N) is 1. The first-order valence-corrected chi connectivity index (χ1v) is 6.97. The van der Waals surface area contributed by atoms with Gasteiger partial charge in [0.25, 0.3) is 5.91 Å². The zero-order valence-electron chi connectivity index (χ0n) is 11.3. The lowest BCUT2D eigenvalue weighted by molar-refractivity contribution is 0.0917. The molecule has 0 bridgehead atoms. The van der Waals surface area contributed by atoms with Gasteiger partial charge in [0.1, 0.15) is 0 Å². The fraction of sp³-hybridized carbons (Fsp3) is 0.286. The van der Waals surface area contributed by atoms with Gasteiger partial charge in [0.05, 0.1) is 11.1 Å². The van der Waals surface area contributed by atoms with Gasteiger partial charge in [-0.25, -0.2) is 0 Å². The van der Waals surface area contributed by atoms with E-state index in [1.165, 1.54) is 6.07 Å². The summed E-state index contributed by atoms with van der Waals surface area (Å²) >= 11 is 3.37. The van der Waals surface area contributed by atoms with Gasteiger partial charge < -0.3 is 16.0 Å². The summed E-state index contributed by atoms with van der Waals surface area (Å²) in [6.07, 6.45) is 0. The van der Waals surface area contributed by atoms with E-state index in [4.69, 9.17) is 5.73 Å².